The van der Waals surface area contributed by atoms with Gasteiger partial charge in [0.1, 0.15) is 5.75 Å². The smallest absolute Gasteiger partial charge is 0.310 e. The molecule has 2 aromatic carbocycles. The number of hydrogen-bond acceptors (Lipinski definition) is 3. The van der Waals surface area contributed by atoms with Crippen LogP contribution >= 0.6 is 0 Å². The van der Waals surface area contributed by atoms with Gasteiger partial charge in [0.15, 0.2) is 0 Å². The second-order valence-corrected chi connectivity index (χ2v) is 4.85. The van der Waals surface area contributed by atoms with Gasteiger partial charge in [-0.3, -0.25) is 4.79 Å². The van der Waals surface area contributed by atoms with Crippen LogP contribution in [0.1, 0.15) is 36.9 Å². The summed E-state index contributed by atoms with van der Waals surface area (Å²) in [6.45, 7) is 3.59. The third-order valence-electron chi connectivity index (χ3n) is 3.09. The SMILES string of the molecule is C[C@@H](N)c1ccccc1.C[C@H](C(=O)O)c1ccc(O)cc1. The van der Waals surface area contributed by atoms with E-state index in [-0.39, 0.29) is 11.8 Å². The van der Waals surface area contributed by atoms with Gasteiger partial charge in [-0.05, 0) is 37.1 Å². The van der Waals surface area contributed by atoms with E-state index in [1.54, 1.807) is 19.1 Å². The van der Waals surface area contributed by atoms with Crippen LogP contribution in [-0.2, 0) is 4.79 Å². The molecule has 4 nitrogen and oxygen atoms in total. The monoisotopic (exact) mass is 287 g/mol. The Bertz CT molecular complexity index is 550. The quantitative estimate of drug-likeness (QED) is 0.809. The molecule has 0 heterocycles. The summed E-state index contributed by atoms with van der Waals surface area (Å²) in [6, 6.07) is 16.4. The molecule has 0 aliphatic rings. The van der Waals surface area contributed by atoms with E-state index >= 15 is 0 Å². The topological polar surface area (TPSA) is 83.6 Å². The maximum atomic E-state index is 10.5. The van der Waals surface area contributed by atoms with Gasteiger partial charge in [0.2, 0.25) is 0 Å². The average molecular weight is 287 g/mol. The van der Waals surface area contributed by atoms with Gasteiger partial charge in [0.05, 0.1) is 5.92 Å². The minimum absolute atomic E-state index is 0.149. The van der Waals surface area contributed by atoms with Gasteiger partial charge >= 0.3 is 5.97 Å². The summed E-state index contributed by atoms with van der Waals surface area (Å²) in [6.07, 6.45) is 0. The molecule has 0 amide bonds. The highest BCUT2D eigenvalue weighted by Gasteiger charge is 2.12. The first-order valence-electron chi connectivity index (χ1n) is 6.74. The van der Waals surface area contributed by atoms with Crippen LogP contribution in [0.4, 0.5) is 0 Å². The Balaban J connectivity index is 0.000000219. The Hall–Kier alpha value is -2.33. The summed E-state index contributed by atoms with van der Waals surface area (Å²) >= 11 is 0. The lowest BCUT2D eigenvalue weighted by Gasteiger charge is -2.05. The minimum Gasteiger partial charge on any atom is -0.508 e. The first kappa shape index (κ1) is 16.7. The zero-order valence-electron chi connectivity index (χ0n) is 12.2. The van der Waals surface area contributed by atoms with Crippen LogP contribution in [0.5, 0.6) is 5.75 Å². The Labute approximate surface area is 124 Å². The van der Waals surface area contributed by atoms with Gasteiger partial charge in [0.25, 0.3) is 0 Å². The molecule has 0 bridgehead atoms. The molecule has 2 aromatic rings. The Morgan fingerprint density at radius 1 is 0.952 bits per heavy atom. The van der Waals surface area contributed by atoms with Crippen molar-refractivity contribution in [2.45, 2.75) is 25.8 Å². The number of phenols is 1. The van der Waals surface area contributed by atoms with Gasteiger partial charge < -0.3 is 15.9 Å². The number of phenolic OH excluding ortho intramolecular Hbond substituents is 1. The molecular formula is C17H21NO3. The first-order valence-corrected chi connectivity index (χ1v) is 6.74. The molecule has 2 atom stereocenters. The van der Waals surface area contributed by atoms with Gasteiger partial charge in [0, 0.05) is 6.04 Å². The molecule has 0 aromatic heterocycles. The number of aromatic hydroxyl groups is 1. The summed E-state index contributed by atoms with van der Waals surface area (Å²) in [4.78, 5) is 10.5. The van der Waals surface area contributed by atoms with Crippen LogP contribution in [0.15, 0.2) is 54.6 Å². The van der Waals surface area contributed by atoms with E-state index in [4.69, 9.17) is 15.9 Å². The average Bonchev–Trinajstić information content (AvgIpc) is 2.49. The first-order chi connectivity index (χ1) is 9.91. The maximum absolute atomic E-state index is 10.5. The van der Waals surface area contributed by atoms with Crippen molar-refractivity contribution in [3.05, 3.63) is 65.7 Å². The predicted molar refractivity (Wildman–Crippen MR) is 83.2 cm³/mol. The van der Waals surface area contributed by atoms with E-state index in [9.17, 15) is 4.79 Å². The number of nitrogens with two attached hydrogens (primary N) is 1. The van der Waals surface area contributed by atoms with Crippen molar-refractivity contribution in [3.63, 3.8) is 0 Å². The summed E-state index contributed by atoms with van der Waals surface area (Å²) < 4.78 is 0. The Kier molecular flexibility index (Phi) is 6.43. The van der Waals surface area contributed by atoms with E-state index in [1.165, 1.54) is 17.7 Å². The second-order valence-electron chi connectivity index (χ2n) is 4.85. The highest BCUT2D eigenvalue weighted by Crippen LogP contribution is 2.18. The number of carboxylic acid groups (broad SMARTS) is 1. The Morgan fingerprint density at radius 3 is 1.86 bits per heavy atom. The molecule has 0 spiro atoms. The normalized spacial score (nSPS) is 12.7. The van der Waals surface area contributed by atoms with Gasteiger partial charge in [-0.1, -0.05) is 42.5 Å². The molecule has 4 heteroatoms. The molecule has 0 saturated heterocycles. The zero-order chi connectivity index (χ0) is 15.8. The largest absolute Gasteiger partial charge is 0.508 e. The van der Waals surface area contributed by atoms with Gasteiger partial charge in [-0.15, -0.1) is 0 Å². The molecule has 0 aliphatic carbocycles. The number of carbonyl (C=O) groups is 1. The lowest BCUT2D eigenvalue weighted by Crippen LogP contribution is -2.06. The van der Waals surface area contributed by atoms with Crippen LogP contribution in [0, 0.1) is 0 Å². The molecule has 21 heavy (non-hydrogen) atoms. The standard InChI is InChI=1S/C9H10O3.C8H11N/c1-6(9(11)12)7-2-4-8(10)5-3-7;1-7(9)8-5-3-2-4-6-8/h2-6,10H,1H3,(H,11,12);2-7H,9H2,1H3/t6-;7-/m01/s1. The van der Waals surface area contributed by atoms with Crippen LogP contribution in [0.25, 0.3) is 0 Å². The van der Waals surface area contributed by atoms with Crippen LogP contribution in [0.3, 0.4) is 0 Å². The van der Waals surface area contributed by atoms with Gasteiger partial charge in [-0.25, -0.2) is 0 Å². The van der Waals surface area contributed by atoms with Crippen molar-refractivity contribution in [2.24, 2.45) is 5.73 Å². The van der Waals surface area contributed by atoms with Gasteiger partial charge in [-0.2, -0.15) is 0 Å². The van der Waals surface area contributed by atoms with E-state index < -0.39 is 11.9 Å². The second kappa shape index (κ2) is 8.07. The van der Waals surface area contributed by atoms with E-state index in [1.807, 2.05) is 37.3 Å². The van der Waals surface area contributed by atoms with Crippen molar-refractivity contribution in [3.8, 4) is 5.75 Å². The number of hydrogen-bond donors (Lipinski definition) is 3. The van der Waals surface area contributed by atoms with Crippen molar-refractivity contribution < 1.29 is 15.0 Å². The molecule has 4 N–H and O–H groups in total. The highest BCUT2D eigenvalue weighted by atomic mass is 16.4. The fraction of sp³-hybridized carbons (Fsp3) is 0.235. The Morgan fingerprint density at radius 2 is 1.48 bits per heavy atom. The van der Waals surface area contributed by atoms with Crippen molar-refractivity contribution in [2.75, 3.05) is 0 Å². The molecule has 0 unspecified atom stereocenters. The van der Waals surface area contributed by atoms with E-state index in [0.29, 0.717) is 5.56 Å². The summed E-state index contributed by atoms with van der Waals surface area (Å²) in [5, 5.41) is 17.6. The van der Waals surface area contributed by atoms with Crippen LogP contribution in [-0.4, -0.2) is 16.2 Å². The molecule has 0 radical (unpaired) electrons. The number of rotatable bonds is 3. The van der Waals surface area contributed by atoms with Crippen molar-refractivity contribution in [1.82, 2.24) is 0 Å². The van der Waals surface area contributed by atoms with E-state index in [2.05, 4.69) is 0 Å². The summed E-state index contributed by atoms with van der Waals surface area (Å²) in [5.74, 6) is -1.23. The van der Waals surface area contributed by atoms with E-state index in [0.717, 1.165) is 0 Å². The highest BCUT2D eigenvalue weighted by molar-refractivity contribution is 5.75. The number of benzene rings is 2. The zero-order valence-corrected chi connectivity index (χ0v) is 12.2. The maximum Gasteiger partial charge on any atom is 0.310 e. The van der Waals surface area contributed by atoms with Crippen LogP contribution < -0.4 is 5.73 Å². The summed E-state index contributed by atoms with van der Waals surface area (Å²) in [7, 11) is 0. The predicted octanol–water partition coefficient (Wildman–Crippen LogP) is 3.29. The number of carboxylic acids is 1. The molecule has 2 rings (SSSR count). The molecule has 0 saturated carbocycles. The molecular weight excluding hydrogens is 266 g/mol. The fourth-order valence-electron chi connectivity index (χ4n) is 1.66. The molecule has 0 aliphatic heterocycles. The lowest BCUT2D eigenvalue weighted by molar-refractivity contribution is -0.138. The number of aliphatic carboxylic acids is 1. The third-order valence-corrected chi connectivity index (χ3v) is 3.09. The lowest BCUT2D eigenvalue weighted by atomic mass is 10.0. The van der Waals surface area contributed by atoms with Crippen LogP contribution in [0.2, 0.25) is 0 Å². The third kappa shape index (κ3) is 5.67. The molecule has 0 fully saturated rings. The minimum atomic E-state index is -0.860. The fourth-order valence-corrected chi connectivity index (χ4v) is 1.66. The van der Waals surface area contributed by atoms with Crippen molar-refractivity contribution >= 4 is 5.97 Å². The molecule has 112 valence electrons. The van der Waals surface area contributed by atoms with Crippen molar-refractivity contribution in [1.29, 1.82) is 0 Å². The summed E-state index contributed by atoms with van der Waals surface area (Å²) in [5.41, 5.74) is 7.50.